The maximum absolute atomic E-state index is 5.39. The Morgan fingerprint density at radius 2 is 2.25 bits per heavy atom. The van der Waals surface area contributed by atoms with E-state index in [9.17, 15) is 0 Å². The van der Waals surface area contributed by atoms with Crippen molar-refractivity contribution in [2.45, 2.75) is 11.9 Å². The van der Waals surface area contributed by atoms with Crippen molar-refractivity contribution in [2.24, 2.45) is 0 Å². The van der Waals surface area contributed by atoms with Gasteiger partial charge < -0.3 is 4.42 Å². The van der Waals surface area contributed by atoms with Crippen molar-refractivity contribution in [3.63, 3.8) is 0 Å². The Balaban J connectivity index is 2.66. The van der Waals surface area contributed by atoms with Gasteiger partial charge in [-0.1, -0.05) is 0 Å². The van der Waals surface area contributed by atoms with Gasteiger partial charge in [0.25, 0.3) is 0 Å². The summed E-state index contributed by atoms with van der Waals surface area (Å²) in [6.45, 7) is 1.93. The number of rotatable bonds is 1. The van der Waals surface area contributed by atoms with E-state index in [1.165, 1.54) is 0 Å². The van der Waals surface area contributed by atoms with Gasteiger partial charge in [-0.2, -0.15) is 0 Å². The maximum atomic E-state index is 5.39. The molecule has 2 aromatic rings. The number of fused-ring (bicyclic) bond motifs is 1. The zero-order valence-corrected chi connectivity index (χ0v) is 7.81. The second kappa shape index (κ2) is 2.83. The summed E-state index contributed by atoms with van der Waals surface area (Å²) in [7, 11) is 0. The molecule has 12 heavy (non-hydrogen) atoms. The molecule has 2 aromatic heterocycles. The minimum atomic E-state index is 0.736. The van der Waals surface area contributed by atoms with E-state index in [1.54, 1.807) is 11.8 Å². The molecule has 62 valence electrons. The second-order valence-electron chi connectivity index (χ2n) is 2.61. The monoisotopic (exact) mass is 179 g/mol. The van der Waals surface area contributed by atoms with Crippen LogP contribution < -0.4 is 0 Å². The van der Waals surface area contributed by atoms with Crippen molar-refractivity contribution < 1.29 is 4.42 Å². The van der Waals surface area contributed by atoms with E-state index in [0.717, 1.165) is 21.9 Å². The van der Waals surface area contributed by atoms with E-state index in [2.05, 4.69) is 4.98 Å². The molecule has 0 spiro atoms. The van der Waals surface area contributed by atoms with Crippen LogP contribution in [0, 0.1) is 6.92 Å². The Hall–Kier alpha value is -0.960. The Bertz CT molecular complexity index is 408. The summed E-state index contributed by atoms with van der Waals surface area (Å²) in [5.41, 5.74) is 0.736. The fraction of sp³-hybridized carbons (Fsp3) is 0.222. The van der Waals surface area contributed by atoms with Crippen molar-refractivity contribution in [1.82, 2.24) is 4.98 Å². The summed E-state index contributed by atoms with van der Waals surface area (Å²) < 4.78 is 5.39. The molecule has 0 aliphatic rings. The lowest BCUT2D eigenvalue weighted by Crippen LogP contribution is -1.76. The summed E-state index contributed by atoms with van der Waals surface area (Å²) >= 11 is 1.62. The van der Waals surface area contributed by atoms with Gasteiger partial charge in [0.2, 0.25) is 5.71 Å². The number of hydrogen-bond donors (Lipinski definition) is 0. The van der Waals surface area contributed by atoms with Gasteiger partial charge >= 0.3 is 0 Å². The SMILES string of the molecule is CSc1ccc2cc(C)oc2n1. The second-order valence-corrected chi connectivity index (χ2v) is 3.43. The molecule has 0 aliphatic carbocycles. The average Bonchev–Trinajstić information content (AvgIpc) is 2.43. The third kappa shape index (κ3) is 1.20. The maximum Gasteiger partial charge on any atom is 0.227 e. The molecule has 0 bridgehead atoms. The first-order valence-electron chi connectivity index (χ1n) is 3.71. The number of furan rings is 1. The summed E-state index contributed by atoms with van der Waals surface area (Å²) in [6.07, 6.45) is 2.00. The molecule has 2 nitrogen and oxygen atoms in total. The van der Waals surface area contributed by atoms with E-state index in [-0.39, 0.29) is 0 Å². The topological polar surface area (TPSA) is 26.0 Å². The molecule has 0 N–H and O–H groups in total. The lowest BCUT2D eigenvalue weighted by molar-refractivity contribution is 0.565. The number of hydrogen-bond acceptors (Lipinski definition) is 3. The first-order chi connectivity index (χ1) is 5.79. The van der Waals surface area contributed by atoms with Crippen molar-refractivity contribution in [1.29, 1.82) is 0 Å². The van der Waals surface area contributed by atoms with Crippen LogP contribution in [-0.4, -0.2) is 11.2 Å². The van der Waals surface area contributed by atoms with Crippen molar-refractivity contribution in [3.05, 3.63) is 24.0 Å². The molecule has 0 fully saturated rings. The highest BCUT2D eigenvalue weighted by molar-refractivity contribution is 7.98. The quantitative estimate of drug-likeness (QED) is 0.629. The highest BCUT2D eigenvalue weighted by Crippen LogP contribution is 2.20. The Morgan fingerprint density at radius 1 is 1.42 bits per heavy atom. The molecular formula is C9H9NOS. The van der Waals surface area contributed by atoms with Crippen LogP contribution in [0.5, 0.6) is 0 Å². The van der Waals surface area contributed by atoms with Gasteiger partial charge in [0, 0.05) is 5.39 Å². The smallest absolute Gasteiger partial charge is 0.227 e. The normalized spacial score (nSPS) is 10.8. The lowest BCUT2D eigenvalue weighted by atomic mass is 10.3. The highest BCUT2D eigenvalue weighted by Gasteiger charge is 2.01. The predicted octanol–water partition coefficient (Wildman–Crippen LogP) is 2.86. The van der Waals surface area contributed by atoms with Gasteiger partial charge in [0.05, 0.1) is 5.03 Å². The van der Waals surface area contributed by atoms with Crippen molar-refractivity contribution >= 4 is 22.9 Å². The molecule has 2 heterocycles. The fourth-order valence-corrected chi connectivity index (χ4v) is 1.52. The van der Waals surface area contributed by atoms with Gasteiger partial charge in [0.15, 0.2) is 0 Å². The van der Waals surface area contributed by atoms with Crippen molar-refractivity contribution in [2.75, 3.05) is 6.26 Å². The van der Waals surface area contributed by atoms with Gasteiger partial charge in [-0.3, -0.25) is 0 Å². The molecule has 0 unspecified atom stereocenters. The lowest BCUT2D eigenvalue weighted by Gasteiger charge is -1.92. The largest absolute Gasteiger partial charge is 0.443 e. The van der Waals surface area contributed by atoms with E-state index >= 15 is 0 Å². The van der Waals surface area contributed by atoms with Gasteiger partial charge in [-0.25, -0.2) is 4.98 Å². The number of aromatic nitrogens is 1. The first-order valence-corrected chi connectivity index (χ1v) is 4.93. The summed E-state index contributed by atoms with van der Waals surface area (Å²) in [5, 5.41) is 2.07. The molecular weight excluding hydrogens is 170 g/mol. The molecule has 0 saturated heterocycles. The first kappa shape index (κ1) is 7.68. The van der Waals surface area contributed by atoms with E-state index in [4.69, 9.17) is 4.42 Å². The summed E-state index contributed by atoms with van der Waals surface area (Å²) in [5.74, 6) is 0.913. The molecule has 2 rings (SSSR count). The van der Waals surface area contributed by atoms with Crippen LogP contribution in [0.15, 0.2) is 27.6 Å². The third-order valence-electron chi connectivity index (χ3n) is 1.69. The summed E-state index contributed by atoms with van der Waals surface area (Å²) in [4.78, 5) is 4.31. The van der Waals surface area contributed by atoms with Crippen LogP contribution in [0.2, 0.25) is 0 Å². The van der Waals surface area contributed by atoms with Crippen LogP contribution in [0.4, 0.5) is 0 Å². The van der Waals surface area contributed by atoms with Crippen LogP contribution in [0.25, 0.3) is 11.1 Å². The minimum absolute atomic E-state index is 0.736. The predicted molar refractivity (Wildman–Crippen MR) is 50.5 cm³/mol. The molecule has 0 radical (unpaired) electrons. The fourth-order valence-electron chi connectivity index (χ4n) is 1.14. The Labute approximate surface area is 75.0 Å². The van der Waals surface area contributed by atoms with Gasteiger partial charge in [-0.05, 0) is 31.4 Å². The summed E-state index contributed by atoms with van der Waals surface area (Å²) in [6, 6.07) is 6.03. The van der Waals surface area contributed by atoms with Crippen LogP contribution >= 0.6 is 11.8 Å². The van der Waals surface area contributed by atoms with Crippen molar-refractivity contribution in [3.8, 4) is 0 Å². The van der Waals surface area contributed by atoms with Crippen LogP contribution in [0.3, 0.4) is 0 Å². The van der Waals surface area contributed by atoms with Gasteiger partial charge in [-0.15, -0.1) is 11.8 Å². The Morgan fingerprint density at radius 3 is 3.00 bits per heavy atom. The van der Waals surface area contributed by atoms with Gasteiger partial charge in [0.1, 0.15) is 5.76 Å². The molecule has 0 aromatic carbocycles. The molecule has 0 saturated carbocycles. The third-order valence-corrected chi connectivity index (χ3v) is 2.34. The number of thioether (sulfide) groups is 1. The van der Waals surface area contributed by atoms with E-state index in [1.807, 2.05) is 31.4 Å². The average molecular weight is 179 g/mol. The minimum Gasteiger partial charge on any atom is -0.443 e. The van der Waals surface area contributed by atoms with E-state index < -0.39 is 0 Å². The molecule has 0 amide bonds. The molecule has 3 heteroatoms. The highest BCUT2D eigenvalue weighted by atomic mass is 32.2. The number of aryl methyl sites for hydroxylation is 1. The number of pyridine rings is 1. The van der Waals surface area contributed by atoms with Crippen LogP contribution in [0.1, 0.15) is 5.76 Å². The molecule has 0 atom stereocenters. The van der Waals surface area contributed by atoms with Crippen LogP contribution in [-0.2, 0) is 0 Å². The molecule has 0 aliphatic heterocycles. The zero-order chi connectivity index (χ0) is 8.55. The van der Waals surface area contributed by atoms with E-state index in [0.29, 0.717) is 0 Å². The number of nitrogens with zero attached hydrogens (tertiary/aromatic N) is 1. The standard InChI is InChI=1S/C9H9NOS/c1-6-5-7-3-4-8(12-2)10-9(7)11-6/h3-5H,1-2H3. The zero-order valence-electron chi connectivity index (χ0n) is 7.00. The Kier molecular flexibility index (Phi) is 1.81.